The Balaban J connectivity index is 1.11. The second-order valence-corrected chi connectivity index (χ2v) is 10.9. The molecule has 1 saturated carbocycles. The molecule has 2 aromatic carbocycles. The molecule has 1 aliphatic carbocycles. The van der Waals surface area contributed by atoms with Gasteiger partial charge in [-0.3, -0.25) is 14.5 Å². The van der Waals surface area contributed by atoms with Crippen LogP contribution in [0.3, 0.4) is 0 Å². The molecule has 8 heteroatoms. The number of rotatable bonds is 6. The zero-order valence-corrected chi connectivity index (χ0v) is 20.8. The molecule has 6 rings (SSSR count). The van der Waals surface area contributed by atoms with E-state index in [-0.39, 0.29) is 30.2 Å². The molecule has 3 aliphatic heterocycles. The number of benzene rings is 2. The van der Waals surface area contributed by atoms with E-state index in [4.69, 9.17) is 4.74 Å². The summed E-state index contributed by atoms with van der Waals surface area (Å²) in [4.78, 5) is 41.7. The number of carbonyl (C=O) groups is 3. The first-order valence-electron chi connectivity index (χ1n) is 13.4. The monoisotopic (exact) mass is 503 g/mol. The Kier molecular flexibility index (Phi) is 6.46. The lowest BCUT2D eigenvalue weighted by molar-refractivity contribution is -0.141. The van der Waals surface area contributed by atoms with E-state index in [2.05, 4.69) is 5.32 Å². The summed E-state index contributed by atoms with van der Waals surface area (Å²) in [6.07, 6.45) is 5.74. The minimum absolute atomic E-state index is 0.0149. The molecular formula is C29H33N3O5. The predicted octanol–water partition coefficient (Wildman–Crippen LogP) is 3.52. The van der Waals surface area contributed by atoms with Crippen molar-refractivity contribution >= 4 is 23.3 Å². The van der Waals surface area contributed by atoms with Crippen LogP contribution in [0.4, 0.5) is 5.69 Å². The number of hydrogen-bond acceptors (Lipinski definition) is 7. The van der Waals surface area contributed by atoms with E-state index >= 15 is 0 Å². The van der Waals surface area contributed by atoms with Crippen molar-refractivity contribution in [3.63, 3.8) is 0 Å². The number of piperidine rings is 1. The zero-order chi connectivity index (χ0) is 25.5. The van der Waals surface area contributed by atoms with Gasteiger partial charge in [0.2, 0.25) is 5.91 Å². The fourth-order valence-electron chi connectivity index (χ4n) is 6.61. The third-order valence-corrected chi connectivity index (χ3v) is 8.49. The third-order valence-electron chi connectivity index (χ3n) is 8.49. The summed E-state index contributed by atoms with van der Waals surface area (Å²) in [5.74, 6) is 0.437. The minimum atomic E-state index is -1.08. The smallest absolute Gasteiger partial charge is 0.343 e. The first kappa shape index (κ1) is 24.1. The van der Waals surface area contributed by atoms with Crippen LogP contribution in [0.1, 0.15) is 66.8 Å². The number of Topliss-reactive ketones (excluding diaryl/α,β-unsaturated/α-hetero) is 1. The zero-order valence-electron chi connectivity index (χ0n) is 20.8. The molecule has 0 radical (unpaired) electrons. The molecule has 1 amide bonds. The molecule has 4 atom stereocenters. The van der Waals surface area contributed by atoms with Crippen molar-refractivity contribution in [3.8, 4) is 5.75 Å². The van der Waals surface area contributed by atoms with Gasteiger partial charge in [-0.1, -0.05) is 56.4 Å². The van der Waals surface area contributed by atoms with Crippen LogP contribution >= 0.6 is 0 Å². The fraction of sp³-hybridized carbons (Fsp3) is 0.483. The van der Waals surface area contributed by atoms with Gasteiger partial charge >= 0.3 is 5.97 Å². The van der Waals surface area contributed by atoms with Gasteiger partial charge in [-0.2, -0.15) is 0 Å². The number of carbonyl (C=O) groups excluding carboxylic acids is 3. The quantitative estimate of drug-likeness (QED) is 0.460. The van der Waals surface area contributed by atoms with Gasteiger partial charge in [0.15, 0.2) is 12.1 Å². The maximum atomic E-state index is 13.3. The van der Waals surface area contributed by atoms with Gasteiger partial charge in [-0.15, -0.1) is 0 Å². The summed E-state index contributed by atoms with van der Waals surface area (Å²) in [6, 6.07) is 14.0. The number of amides is 1. The number of fused-ring (bicyclic) bond motifs is 4. The molecule has 2 saturated heterocycles. The van der Waals surface area contributed by atoms with E-state index in [1.54, 1.807) is 30.3 Å². The number of ketones is 1. The molecule has 3 heterocycles. The van der Waals surface area contributed by atoms with Crippen LogP contribution in [0.2, 0.25) is 0 Å². The van der Waals surface area contributed by atoms with E-state index in [9.17, 15) is 19.5 Å². The maximum Gasteiger partial charge on any atom is 0.343 e. The van der Waals surface area contributed by atoms with E-state index in [1.807, 2.05) is 23.1 Å². The van der Waals surface area contributed by atoms with Crippen LogP contribution in [0, 0.1) is 5.92 Å². The molecule has 3 fully saturated rings. The van der Waals surface area contributed by atoms with Gasteiger partial charge in [-0.05, 0) is 36.1 Å². The highest BCUT2D eigenvalue weighted by Gasteiger charge is 2.53. The number of ether oxygens (including phenoxy) is 1. The molecule has 4 unspecified atom stereocenters. The molecular weight excluding hydrogens is 470 g/mol. The highest BCUT2D eigenvalue weighted by Crippen LogP contribution is 2.46. The average Bonchev–Trinajstić information content (AvgIpc) is 3.38. The van der Waals surface area contributed by atoms with E-state index in [0.29, 0.717) is 36.6 Å². The summed E-state index contributed by atoms with van der Waals surface area (Å²) in [5.41, 5.74) is 2.45. The van der Waals surface area contributed by atoms with Gasteiger partial charge in [0.1, 0.15) is 5.75 Å². The molecule has 8 nitrogen and oxygen atoms in total. The van der Waals surface area contributed by atoms with E-state index in [1.165, 1.54) is 24.2 Å². The van der Waals surface area contributed by atoms with Gasteiger partial charge in [-0.25, -0.2) is 9.69 Å². The fourth-order valence-corrected chi connectivity index (χ4v) is 6.61. The Morgan fingerprint density at radius 3 is 2.62 bits per heavy atom. The molecule has 194 valence electrons. The first-order valence-corrected chi connectivity index (χ1v) is 13.4. The molecule has 2 aromatic rings. The third kappa shape index (κ3) is 4.64. The lowest BCUT2D eigenvalue weighted by atomic mass is 9.84. The Bertz CT molecular complexity index is 1200. The number of aliphatic hydroxyl groups is 1. The van der Waals surface area contributed by atoms with Crippen molar-refractivity contribution in [2.45, 2.75) is 69.3 Å². The predicted molar refractivity (Wildman–Crippen MR) is 137 cm³/mol. The standard InChI is InChI=1S/C29H33N3O5/c33-20(13-18-7-3-1-4-8-18)16-32-27(34)26-15-23-22-12-11-21(37-28(35)19-9-5-2-6-10-19)14-24(22)30-25(23)17-31(26)29(32)36/h2,5-6,9-12,14,18,23,25-26,29-30,36H,1,3-4,7-8,13,15-17H2. The summed E-state index contributed by atoms with van der Waals surface area (Å²) in [5, 5.41) is 14.5. The Labute approximate surface area is 216 Å². The molecule has 0 spiro atoms. The minimum Gasteiger partial charge on any atom is -0.423 e. The van der Waals surface area contributed by atoms with Crippen LogP contribution in [-0.4, -0.2) is 64.1 Å². The second-order valence-electron chi connectivity index (χ2n) is 10.9. The lowest BCUT2D eigenvalue weighted by Gasteiger charge is -2.37. The average molecular weight is 504 g/mol. The number of nitrogens with one attached hydrogen (secondary N) is 1. The van der Waals surface area contributed by atoms with Crippen LogP contribution in [0.5, 0.6) is 5.75 Å². The molecule has 0 bridgehead atoms. The van der Waals surface area contributed by atoms with Crippen molar-refractivity contribution in [2.24, 2.45) is 5.92 Å². The van der Waals surface area contributed by atoms with E-state index < -0.39 is 18.4 Å². The largest absolute Gasteiger partial charge is 0.423 e. The Morgan fingerprint density at radius 2 is 1.84 bits per heavy atom. The highest BCUT2D eigenvalue weighted by atomic mass is 16.5. The maximum absolute atomic E-state index is 13.3. The highest BCUT2D eigenvalue weighted by molar-refractivity contribution is 5.91. The Morgan fingerprint density at radius 1 is 1.05 bits per heavy atom. The van der Waals surface area contributed by atoms with Crippen molar-refractivity contribution in [1.29, 1.82) is 0 Å². The van der Waals surface area contributed by atoms with Crippen molar-refractivity contribution in [3.05, 3.63) is 59.7 Å². The van der Waals surface area contributed by atoms with Crippen molar-refractivity contribution in [2.75, 3.05) is 18.4 Å². The van der Waals surface area contributed by atoms with Crippen molar-refractivity contribution < 1.29 is 24.2 Å². The number of anilines is 1. The first-order chi connectivity index (χ1) is 18.0. The number of nitrogens with zero attached hydrogens (tertiary/aromatic N) is 2. The van der Waals surface area contributed by atoms with Gasteiger partial charge in [0, 0.05) is 36.7 Å². The van der Waals surface area contributed by atoms with Crippen LogP contribution in [-0.2, 0) is 9.59 Å². The second kappa shape index (κ2) is 9.91. The van der Waals surface area contributed by atoms with Crippen molar-refractivity contribution in [1.82, 2.24) is 9.80 Å². The number of esters is 1. The van der Waals surface area contributed by atoms with Crippen LogP contribution in [0.25, 0.3) is 0 Å². The summed E-state index contributed by atoms with van der Waals surface area (Å²) in [7, 11) is 0. The SMILES string of the molecule is O=C(CC1CCCCC1)CN1C(=O)C2CC3c4ccc(OC(=O)c5ccccc5)cc4NC3CN2C1O. The summed E-state index contributed by atoms with van der Waals surface area (Å²) in [6.45, 7) is 0.475. The van der Waals surface area contributed by atoms with Gasteiger partial charge in [0.05, 0.1) is 18.2 Å². The van der Waals surface area contributed by atoms with Crippen LogP contribution < -0.4 is 10.1 Å². The molecule has 0 aromatic heterocycles. The lowest BCUT2D eigenvalue weighted by Crippen LogP contribution is -2.51. The number of aliphatic hydroxyl groups excluding tert-OH is 1. The molecule has 37 heavy (non-hydrogen) atoms. The van der Waals surface area contributed by atoms with Gasteiger partial charge in [0.25, 0.3) is 0 Å². The van der Waals surface area contributed by atoms with E-state index in [0.717, 1.165) is 24.1 Å². The number of hydrogen-bond donors (Lipinski definition) is 2. The summed E-state index contributed by atoms with van der Waals surface area (Å²) < 4.78 is 5.57. The normalized spacial score (nSPS) is 27.3. The van der Waals surface area contributed by atoms with Crippen LogP contribution in [0.15, 0.2) is 48.5 Å². The Hall–Kier alpha value is -3.23. The summed E-state index contributed by atoms with van der Waals surface area (Å²) >= 11 is 0. The van der Waals surface area contributed by atoms with Gasteiger partial charge < -0.3 is 15.2 Å². The molecule has 2 N–H and O–H groups in total. The topological polar surface area (TPSA) is 99.2 Å². The molecule has 4 aliphatic rings.